The third-order valence-electron chi connectivity index (χ3n) is 6.53. The molecule has 2 N–H and O–H groups in total. The fourth-order valence-corrected chi connectivity index (χ4v) is 5.15. The molecule has 3 heterocycles. The summed E-state index contributed by atoms with van der Waals surface area (Å²) in [5.41, 5.74) is -1.23. The van der Waals surface area contributed by atoms with Crippen LogP contribution in [0.1, 0.15) is 12.5 Å². The molecule has 1 aromatic rings. The van der Waals surface area contributed by atoms with Crippen LogP contribution < -0.4 is 15.4 Å². The summed E-state index contributed by atoms with van der Waals surface area (Å²) in [4.78, 5) is 40.9. The molecule has 1 aromatic carbocycles. The minimum absolute atomic E-state index is 0.187. The Kier molecular flexibility index (Phi) is 5.13. The van der Waals surface area contributed by atoms with Gasteiger partial charge in [-0.15, -0.1) is 6.58 Å². The van der Waals surface area contributed by atoms with Crippen LogP contribution in [0.2, 0.25) is 0 Å². The molecule has 0 aliphatic carbocycles. The van der Waals surface area contributed by atoms with Crippen molar-refractivity contribution >= 4 is 17.7 Å². The summed E-state index contributed by atoms with van der Waals surface area (Å²) in [6.45, 7) is 5.98. The molecule has 3 amide bonds. The molecule has 2 saturated heterocycles. The van der Waals surface area contributed by atoms with Crippen molar-refractivity contribution in [1.29, 1.82) is 0 Å². The molecule has 3 aliphatic heterocycles. The molecule has 5 atom stereocenters. The van der Waals surface area contributed by atoms with E-state index in [0.717, 1.165) is 11.3 Å². The average Bonchev–Trinajstić information content (AvgIpc) is 3.33. The van der Waals surface area contributed by atoms with Crippen LogP contribution in [-0.4, -0.2) is 60.6 Å². The summed E-state index contributed by atoms with van der Waals surface area (Å²) in [6.07, 6.45) is 5.17. The molecular weight excluding hydrogens is 398 g/mol. The first-order valence-electron chi connectivity index (χ1n) is 10.3. The largest absolute Gasteiger partial charge is 0.497 e. The Bertz CT molecular complexity index is 958. The van der Waals surface area contributed by atoms with Gasteiger partial charge in [-0.2, -0.15) is 0 Å². The number of nitrogens with zero attached hydrogens (tertiary/aromatic N) is 1. The Labute approximate surface area is 181 Å². The first kappa shape index (κ1) is 21.1. The fourth-order valence-electron chi connectivity index (χ4n) is 5.15. The highest BCUT2D eigenvalue weighted by molar-refractivity contribution is 6.00. The molecule has 4 rings (SSSR count). The zero-order valence-electron chi connectivity index (χ0n) is 17.9. The maximum atomic E-state index is 13.4. The van der Waals surface area contributed by atoms with Gasteiger partial charge >= 0.3 is 0 Å². The zero-order chi connectivity index (χ0) is 22.4. The molecule has 0 unspecified atom stereocenters. The zero-order valence-corrected chi connectivity index (χ0v) is 17.9. The molecular formula is C23H27N3O5. The van der Waals surface area contributed by atoms with E-state index in [1.165, 1.54) is 11.9 Å². The number of likely N-dealkylation sites (tertiary alicyclic amines) is 1. The lowest BCUT2D eigenvalue weighted by atomic mass is 9.70. The average molecular weight is 425 g/mol. The molecule has 3 aliphatic rings. The van der Waals surface area contributed by atoms with E-state index >= 15 is 0 Å². The summed E-state index contributed by atoms with van der Waals surface area (Å²) in [6, 6.07) is 6.47. The normalized spacial score (nSPS) is 32.7. The van der Waals surface area contributed by atoms with E-state index in [2.05, 4.69) is 17.2 Å². The molecule has 0 radical (unpaired) electrons. The summed E-state index contributed by atoms with van der Waals surface area (Å²) in [7, 11) is 3.13. The van der Waals surface area contributed by atoms with E-state index in [0.29, 0.717) is 0 Å². The van der Waals surface area contributed by atoms with E-state index in [9.17, 15) is 14.4 Å². The van der Waals surface area contributed by atoms with Gasteiger partial charge in [0.05, 0.1) is 24.5 Å². The van der Waals surface area contributed by atoms with Crippen molar-refractivity contribution < 1.29 is 23.9 Å². The van der Waals surface area contributed by atoms with E-state index in [1.807, 2.05) is 24.3 Å². The third-order valence-corrected chi connectivity index (χ3v) is 6.53. The predicted molar refractivity (Wildman–Crippen MR) is 113 cm³/mol. The molecule has 2 fully saturated rings. The van der Waals surface area contributed by atoms with Crippen molar-refractivity contribution in [3.05, 3.63) is 54.6 Å². The Hall–Kier alpha value is -3.13. The molecule has 8 nitrogen and oxygen atoms in total. The number of benzene rings is 1. The number of hydrogen-bond donors (Lipinski definition) is 2. The number of rotatable bonds is 7. The number of hydrogen-bond acceptors (Lipinski definition) is 5. The van der Waals surface area contributed by atoms with Crippen LogP contribution in [0.15, 0.2) is 49.1 Å². The molecule has 2 bridgehead atoms. The van der Waals surface area contributed by atoms with Crippen molar-refractivity contribution in [3.63, 3.8) is 0 Å². The molecule has 1 spiro atoms. The monoisotopic (exact) mass is 425 g/mol. The highest BCUT2D eigenvalue weighted by Gasteiger charge is 2.75. The second kappa shape index (κ2) is 7.53. The number of ether oxygens (including phenoxy) is 2. The SMILES string of the molecule is C=CCN1C(=O)[C@@H]2[C@H](C(=O)NC)[C@@]3(C)C=C[C@@]2(O3)[C@@H]1C(=O)NCc1ccc(OC)cc1. The Morgan fingerprint density at radius 1 is 1.26 bits per heavy atom. The second-order valence-corrected chi connectivity index (χ2v) is 8.29. The minimum Gasteiger partial charge on any atom is -0.497 e. The molecule has 8 heteroatoms. The maximum absolute atomic E-state index is 13.4. The van der Waals surface area contributed by atoms with Gasteiger partial charge in [0.25, 0.3) is 0 Å². The van der Waals surface area contributed by atoms with Crippen molar-refractivity contribution in [1.82, 2.24) is 15.5 Å². The maximum Gasteiger partial charge on any atom is 0.246 e. The van der Waals surface area contributed by atoms with Crippen molar-refractivity contribution in [2.45, 2.75) is 30.7 Å². The smallest absolute Gasteiger partial charge is 0.246 e. The lowest BCUT2D eigenvalue weighted by Gasteiger charge is -2.32. The van der Waals surface area contributed by atoms with Crippen LogP contribution in [-0.2, 0) is 25.7 Å². The van der Waals surface area contributed by atoms with Crippen LogP contribution in [0.4, 0.5) is 0 Å². The summed E-state index contributed by atoms with van der Waals surface area (Å²) < 4.78 is 11.5. The number of amides is 3. The van der Waals surface area contributed by atoms with Gasteiger partial charge in [-0.3, -0.25) is 14.4 Å². The van der Waals surface area contributed by atoms with E-state index in [4.69, 9.17) is 9.47 Å². The van der Waals surface area contributed by atoms with Crippen molar-refractivity contribution in [3.8, 4) is 5.75 Å². The first-order chi connectivity index (χ1) is 14.8. The van der Waals surface area contributed by atoms with Gasteiger partial charge < -0.3 is 25.0 Å². The molecule has 0 saturated carbocycles. The van der Waals surface area contributed by atoms with Gasteiger partial charge in [-0.1, -0.05) is 30.4 Å². The van der Waals surface area contributed by atoms with Gasteiger partial charge in [0.15, 0.2) is 0 Å². The lowest BCUT2D eigenvalue weighted by Crippen LogP contribution is -2.54. The van der Waals surface area contributed by atoms with E-state index in [-0.39, 0.29) is 30.8 Å². The summed E-state index contributed by atoms with van der Waals surface area (Å²) >= 11 is 0. The number of methoxy groups -OCH3 is 1. The second-order valence-electron chi connectivity index (χ2n) is 8.29. The van der Waals surface area contributed by atoms with Gasteiger partial charge in [0, 0.05) is 20.1 Å². The van der Waals surface area contributed by atoms with Gasteiger partial charge in [0.2, 0.25) is 17.7 Å². The quantitative estimate of drug-likeness (QED) is 0.630. The minimum atomic E-state index is -1.18. The van der Waals surface area contributed by atoms with Crippen LogP contribution in [0.25, 0.3) is 0 Å². The molecule has 0 aromatic heterocycles. The highest BCUT2D eigenvalue weighted by Crippen LogP contribution is 2.59. The molecule has 164 valence electrons. The van der Waals surface area contributed by atoms with E-state index in [1.54, 1.807) is 32.3 Å². The lowest BCUT2D eigenvalue weighted by molar-refractivity contribution is -0.144. The van der Waals surface area contributed by atoms with Crippen LogP contribution in [0, 0.1) is 11.8 Å². The Morgan fingerprint density at radius 3 is 2.58 bits per heavy atom. The number of carbonyl (C=O) groups is 3. The van der Waals surface area contributed by atoms with Gasteiger partial charge in [-0.05, 0) is 24.6 Å². The summed E-state index contributed by atoms with van der Waals surface area (Å²) in [5, 5.41) is 5.56. The Balaban J connectivity index is 1.63. The number of fused-ring (bicyclic) bond motifs is 1. The first-order valence-corrected chi connectivity index (χ1v) is 10.3. The van der Waals surface area contributed by atoms with Crippen molar-refractivity contribution in [2.24, 2.45) is 11.8 Å². The van der Waals surface area contributed by atoms with Crippen LogP contribution >= 0.6 is 0 Å². The van der Waals surface area contributed by atoms with Crippen molar-refractivity contribution in [2.75, 3.05) is 20.7 Å². The predicted octanol–water partition coefficient (Wildman–Crippen LogP) is 0.784. The van der Waals surface area contributed by atoms with Crippen LogP contribution in [0.5, 0.6) is 5.75 Å². The Morgan fingerprint density at radius 2 is 1.97 bits per heavy atom. The van der Waals surface area contributed by atoms with Gasteiger partial charge in [0.1, 0.15) is 17.4 Å². The van der Waals surface area contributed by atoms with Gasteiger partial charge in [-0.25, -0.2) is 0 Å². The number of nitrogens with one attached hydrogen (secondary N) is 2. The standard InChI is InChI=1S/C23H27N3O5/c1-5-12-26-18(20(28)25-13-14-6-8-15(30-4)9-7-14)23-11-10-22(2,31-23)16(19(27)24-3)17(23)21(26)29/h5-11,16-18H,1,12-13H2,2-4H3,(H,24,27)(H,25,28)/t16-,17+,18+,22-,23+/m1/s1. The van der Waals surface area contributed by atoms with E-state index < -0.39 is 29.1 Å². The highest BCUT2D eigenvalue weighted by atomic mass is 16.5. The summed E-state index contributed by atoms with van der Waals surface area (Å²) in [5.74, 6) is -1.62. The third kappa shape index (κ3) is 3.05. The fraction of sp³-hybridized carbons (Fsp3) is 0.435. The molecule has 31 heavy (non-hydrogen) atoms. The topological polar surface area (TPSA) is 97.0 Å². The number of carbonyl (C=O) groups excluding carboxylic acids is 3. The van der Waals surface area contributed by atoms with Crippen LogP contribution in [0.3, 0.4) is 0 Å².